The van der Waals surface area contributed by atoms with Gasteiger partial charge in [-0.1, -0.05) is 0 Å². The van der Waals surface area contributed by atoms with Crippen molar-refractivity contribution in [3.63, 3.8) is 0 Å². The van der Waals surface area contributed by atoms with Crippen LogP contribution in [0.1, 0.15) is 0 Å². The van der Waals surface area contributed by atoms with Gasteiger partial charge >= 0.3 is 0 Å². The maximum absolute atomic E-state index is 13.7. The lowest BCUT2D eigenvalue weighted by atomic mass is 10.3. The van der Waals surface area contributed by atoms with Crippen LogP contribution in [0.3, 0.4) is 0 Å². The Morgan fingerprint density at radius 3 is 2.81 bits per heavy atom. The van der Waals surface area contributed by atoms with E-state index in [1.54, 1.807) is 23.1 Å². The molecule has 0 fully saturated rings. The summed E-state index contributed by atoms with van der Waals surface area (Å²) < 4.78 is 46.5. The van der Waals surface area contributed by atoms with Crippen LogP contribution in [0, 0.1) is 5.82 Å². The number of methoxy groups -OCH3 is 1. The number of nitrogens with zero attached hydrogens (tertiary/aromatic N) is 2. The molecule has 0 radical (unpaired) electrons. The van der Waals surface area contributed by atoms with E-state index in [0.29, 0.717) is 6.54 Å². The van der Waals surface area contributed by atoms with Gasteiger partial charge in [0.2, 0.25) is 10.0 Å². The second-order valence-electron chi connectivity index (χ2n) is 4.19. The van der Waals surface area contributed by atoms with Gasteiger partial charge in [-0.2, -0.15) is 5.10 Å². The Morgan fingerprint density at radius 2 is 2.24 bits per heavy atom. The Bertz CT molecular complexity index is 693. The summed E-state index contributed by atoms with van der Waals surface area (Å²) in [5.41, 5.74) is 5.49. The van der Waals surface area contributed by atoms with Crippen molar-refractivity contribution in [3.8, 4) is 5.75 Å². The molecule has 0 saturated carbocycles. The highest BCUT2D eigenvalue weighted by molar-refractivity contribution is 7.89. The van der Waals surface area contributed by atoms with E-state index in [4.69, 9.17) is 10.5 Å². The minimum Gasteiger partial charge on any atom is -0.492 e. The van der Waals surface area contributed by atoms with Crippen LogP contribution < -0.4 is 15.2 Å². The van der Waals surface area contributed by atoms with Crippen molar-refractivity contribution in [2.75, 3.05) is 19.4 Å². The third-order valence-electron chi connectivity index (χ3n) is 2.75. The highest BCUT2D eigenvalue weighted by Gasteiger charge is 2.18. The molecule has 9 heteroatoms. The van der Waals surface area contributed by atoms with Crippen LogP contribution >= 0.6 is 0 Å². The summed E-state index contributed by atoms with van der Waals surface area (Å²) in [4.78, 5) is -0.251. The van der Waals surface area contributed by atoms with Crippen molar-refractivity contribution in [2.24, 2.45) is 0 Å². The number of aromatic nitrogens is 2. The van der Waals surface area contributed by atoms with Crippen molar-refractivity contribution < 1.29 is 17.5 Å². The molecule has 114 valence electrons. The fraction of sp³-hybridized carbons (Fsp3) is 0.250. The third-order valence-corrected chi connectivity index (χ3v) is 4.19. The topological polar surface area (TPSA) is 99.2 Å². The first-order valence-electron chi connectivity index (χ1n) is 6.04. The molecule has 3 N–H and O–H groups in total. The SMILES string of the molecule is COc1c(N)cc(S(=O)(=O)NCCn2cccn2)cc1F. The highest BCUT2D eigenvalue weighted by Crippen LogP contribution is 2.28. The predicted molar refractivity (Wildman–Crippen MR) is 74.8 cm³/mol. The molecule has 0 amide bonds. The molecule has 2 rings (SSSR count). The van der Waals surface area contributed by atoms with Crippen LogP contribution in [0.4, 0.5) is 10.1 Å². The van der Waals surface area contributed by atoms with Crippen molar-refractivity contribution >= 4 is 15.7 Å². The Hall–Kier alpha value is -2.13. The van der Waals surface area contributed by atoms with Gasteiger partial charge < -0.3 is 10.5 Å². The fourth-order valence-electron chi connectivity index (χ4n) is 1.77. The smallest absolute Gasteiger partial charge is 0.240 e. The van der Waals surface area contributed by atoms with Crippen molar-refractivity contribution in [3.05, 3.63) is 36.4 Å². The van der Waals surface area contributed by atoms with Gasteiger partial charge in [0, 0.05) is 18.9 Å². The lowest BCUT2D eigenvalue weighted by Gasteiger charge is -2.10. The minimum atomic E-state index is -3.85. The summed E-state index contributed by atoms with van der Waals surface area (Å²) in [6.07, 6.45) is 3.30. The van der Waals surface area contributed by atoms with Crippen LogP contribution in [0.15, 0.2) is 35.5 Å². The molecule has 1 aromatic heterocycles. The summed E-state index contributed by atoms with van der Waals surface area (Å²) in [5, 5.41) is 3.94. The molecular weight excluding hydrogens is 299 g/mol. The molecule has 0 bridgehead atoms. The first-order chi connectivity index (χ1) is 9.94. The standard InChI is InChI=1S/C12H15FN4O3S/c1-20-12-10(13)7-9(8-11(12)14)21(18,19)16-4-6-17-5-2-3-15-17/h2-3,5,7-8,16H,4,6,14H2,1H3. The van der Waals surface area contributed by atoms with E-state index in [9.17, 15) is 12.8 Å². The van der Waals surface area contributed by atoms with Crippen molar-refractivity contribution in [1.82, 2.24) is 14.5 Å². The van der Waals surface area contributed by atoms with Crippen molar-refractivity contribution in [1.29, 1.82) is 0 Å². The third kappa shape index (κ3) is 3.50. The summed E-state index contributed by atoms with van der Waals surface area (Å²) >= 11 is 0. The van der Waals surface area contributed by atoms with Crippen LogP contribution in [-0.2, 0) is 16.6 Å². The number of rotatable bonds is 6. The number of nitrogens with one attached hydrogen (secondary N) is 1. The monoisotopic (exact) mass is 314 g/mol. The number of benzene rings is 1. The van der Waals surface area contributed by atoms with E-state index in [2.05, 4.69) is 9.82 Å². The molecule has 0 aliphatic carbocycles. The van der Waals surface area contributed by atoms with Crippen LogP contribution in [0.2, 0.25) is 0 Å². The maximum Gasteiger partial charge on any atom is 0.240 e. The zero-order chi connectivity index (χ0) is 15.5. The maximum atomic E-state index is 13.7. The van der Waals surface area contributed by atoms with E-state index < -0.39 is 15.8 Å². The molecule has 0 aliphatic heterocycles. The van der Waals surface area contributed by atoms with Gasteiger partial charge in [-0.05, 0) is 18.2 Å². The molecular formula is C12H15FN4O3S. The number of sulfonamides is 1. The van der Waals surface area contributed by atoms with E-state index in [1.807, 2.05) is 0 Å². The number of ether oxygens (including phenoxy) is 1. The quantitative estimate of drug-likeness (QED) is 0.760. The molecule has 1 aromatic carbocycles. The first-order valence-corrected chi connectivity index (χ1v) is 7.52. The lowest BCUT2D eigenvalue weighted by molar-refractivity contribution is 0.388. The van der Waals surface area contributed by atoms with Gasteiger partial charge in [0.05, 0.1) is 24.2 Å². The zero-order valence-electron chi connectivity index (χ0n) is 11.3. The van der Waals surface area contributed by atoms with Crippen molar-refractivity contribution in [2.45, 2.75) is 11.4 Å². The second-order valence-corrected chi connectivity index (χ2v) is 5.96. The Labute approximate surface area is 121 Å². The average molecular weight is 314 g/mol. The summed E-state index contributed by atoms with van der Waals surface area (Å²) in [6, 6.07) is 3.75. The molecule has 0 saturated heterocycles. The summed E-state index contributed by atoms with van der Waals surface area (Å²) in [6.45, 7) is 0.484. The van der Waals surface area contributed by atoms with Gasteiger partial charge in [-0.15, -0.1) is 0 Å². The Kier molecular flexibility index (Phi) is 4.43. The number of hydrogen-bond acceptors (Lipinski definition) is 5. The molecule has 21 heavy (non-hydrogen) atoms. The number of hydrogen-bond donors (Lipinski definition) is 2. The molecule has 2 aromatic rings. The van der Waals surface area contributed by atoms with E-state index in [0.717, 1.165) is 12.1 Å². The summed E-state index contributed by atoms with van der Waals surface area (Å²) in [7, 11) is -2.59. The first kappa shape index (κ1) is 15.3. The normalized spacial score (nSPS) is 11.5. The molecule has 1 heterocycles. The van der Waals surface area contributed by atoms with Gasteiger partial charge in [-0.25, -0.2) is 17.5 Å². The summed E-state index contributed by atoms with van der Waals surface area (Å²) in [5.74, 6) is -1.00. The zero-order valence-corrected chi connectivity index (χ0v) is 12.1. The molecule has 7 nitrogen and oxygen atoms in total. The van der Waals surface area contributed by atoms with Crippen LogP contribution in [0.25, 0.3) is 0 Å². The fourth-order valence-corrected chi connectivity index (χ4v) is 2.84. The highest BCUT2D eigenvalue weighted by atomic mass is 32.2. The average Bonchev–Trinajstić information content (AvgIpc) is 2.91. The molecule has 0 atom stereocenters. The number of nitrogens with two attached hydrogens (primary N) is 1. The Balaban J connectivity index is 2.12. The number of anilines is 1. The van der Waals surface area contributed by atoms with Gasteiger partial charge in [0.15, 0.2) is 11.6 Å². The van der Waals surface area contributed by atoms with Crippen LogP contribution in [0.5, 0.6) is 5.75 Å². The van der Waals surface area contributed by atoms with E-state index >= 15 is 0 Å². The van der Waals surface area contributed by atoms with Gasteiger partial charge in [-0.3, -0.25) is 4.68 Å². The van der Waals surface area contributed by atoms with E-state index in [1.165, 1.54) is 7.11 Å². The van der Waals surface area contributed by atoms with Gasteiger partial charge in [0.1, 0.15) is 0 Å². The molecule has 0 unspecified atom stereocenters. The number of nitrogen functional groups attached to an aromatic ring is 1. The predicted octanol–water partition coefficient (Wildman–Crippen LogP) is 0.591. The Morgan fingerprint density at radius 1 is 1.48 bits per heavy atom. The molecule has 0 aliphatic rings. The second kappa shape index (κ2) is 6.10. The lowest BCUT2D eigenvalue weighted by Crippen LogP contribution is -2.27. The molecule has 0 spiro atoms. The minimum absolute atomic E-state index is 0.0787. The number of halogens is 1. The largest absolute Gasteiger partial charge is 0.492 e. The van der Waals surface area contributed by atoms with E-state index in [-0.39, 0.29) is 22.9 Å². The van der Waals surface area contributed by atoms with Gasteiger partial charge in [0.25, 0.3) is 0 Å². The van der Waals surface area contributed by atoms with Crippen LogP contribution in [-0.4, -0.2) is 31.9 Å².